The topological polar surface area (TPSA) is 51.2 Å². The van der Waals surface area contributed by atoms with Crippen molar-refractivity contribution in [2.24, 2.45) is 0 Å². The van der Waals surface area contributed by atoms with E-state index in [9.17, 15) is 4.79 Å². The number of benzene rings is 2. The number of para-hydroxylation sites is 1. The molecule has 0 fully saturated rings. The highest BCUT2D eigenvalue weighted by atomic mass is 32.1. The number of carbonyl (C=O) groups is 1. The Kier molecular flexibility index (Phi) is 4.48. The molecule has 4 rings (SSSR count). The molecule has 0 radical (unpaired) electrons. The fourth-order valence-corrected chi connectivity index (χ4v) is 3.92. The van der Waals surface area contributed by atoms with Gasteiger partial charge in [0.05, 0.1) is 5.69 Å². The van der Waals surface area contributed by atoms with Crippen molar-refractivity contribution < 1.29 is 9.53 Å². The molecule has 0 aliphatic heterocycles. The van der Waals surface area contributed by atoms with Crippen LogP contribution in [0.2, 0.25) is 0 Å². The largest absolute Gasteiger partial charge is 0.457 e. The van der Waals surface area contributed by atoms with E-state index in [0.717, 1.165) is 24.3 Å². The summed E-state index contributed by atoms with van der Waals surface area (Å²) in [6.07, 6.45) is 4.50. The van der Waals surface area contributed by atoms with Crippen LogP contribution in [0, 0.1) is 0 Å². The van der Waals surface area contributed by atoms with E-state index < -0.39 is 0 Å². The van der Waals surface area contributed by atoms with Crippen LogP contribution in [0.25, 0.3) is 0 Å². The van der Waals surface area contributed by atoms with E-state index in [4.69, 9.17) is 4.74 Å². The Balaban J connectivity index is 1.42. The maximum atomic E-state index is 12.4. The zero-order valence-electron chi connectivity index (χ0n) is 13.7. The summed E-state index contributed by atoms with van der Waals surface area (Å²) in [5.74, 6) is 1.33. The molecule has 0 atom stereocenters. The Morgan fingerprint density at radius 3 is 2.44 bits per heavy atom. The van der Waals surface area contributed by atoms with Gasteiger partial charge in [0.2, 0.25) is 0 Å². The third kappa shape index (κ3) is 3.72. The van der Waals surface area contributed by atoms with Gasteiger partial charge in [-0.2, -0.15) is 0 Å². The number of thiazole rings is 1. The van der Waals surface area contributed by atoms with E-state index in [1.165, 1.54) is 17.7 Å². The SMILES string of the molecule is O=C(Nc1nc2c(s1)CCCC2)c1ccc(Oc2ccccc2)cc1. The highest BCUT2D eigenvalue weighted by Crippen LogP contribution is 2.30. The second kappa shape index (κ2) is 7.07. The van der Waals surface area contributed by atoms with Crippen LogP contribution >= 0.6 is 11.3 Å². The van der Waals surface area contributed by atoms with Gasteiger partial charge in [0.1, 0.15) is 11.5 Å². The van der Waals surface area contributed by atoms with Crippen LogP contribution < -0.4 is 10.1 Å². The van der Waals surface area contributed by atoms with Gasteiger partial charge < -0.3 is 4.74 Å². The number of nitrogens with zero attached hydrogens (tertiary/aromatic N) is 1. The molecule has 1 aliphatic rings. The van der Waals surface area contributed by atoms with Crippen LogP contribution in [0.3, 0.4) is 0 Å². The molecule has 1 N–H and O–H groups in total. The number of hydrogen-bond acceptors (Lipinski definition) is 4. The van der Waals surface area contributed by atoms with E-state index in [2.05, 4.69) is 10.3 Å². The maximum Gasteiger partial charge on any atom is 0.257 e. The Bertz CT molecular complexity index is 849. The van der Waals surface area contributed by atoms with Gasteiger partial charge in [-0.3, -0.25) is 10.1 Å². The Hall–Kier alpha value is -2.66. The van der Waals surface area contributed by atoms with Gasteiger partial charge in [-0.05, 0) is 62.1 Å². The molecule has 126 valence electrons. The lowest BCUT2D eigenvalue weighted by molar-refractivity contribution is 0.102. The van der Waals surface area contributed by atoms with Crippen molar-refractivity contribution in [3.8, 4) is 11.5 Å². The smallest absolute Gasteiger partial charge is 0.257 e. The summed E-state index contributed by atoms with van der Waals surface area (Å²) in [6, 6.07) is 16.7. The zero-order chi connectivity index (χ0) is 17.1. The summed E-state index contributed by atoms with van der Waals surface area (Å²) in [5.41, 5.74) is 1.74. The molecule has 1 amide bonds. The van der Waals surface area contributed by atoms with Gasteiger partial charge >= 0.3 is 0 Å². The fraction of sp³-hybridized carbons (Fsp3) is 0.200. The number of rotatable bonds is 4. The third-order valence-electron chi connectivity index (χ3n) is 4.16. The standard InChI is InChI=1S/C20H18N2O2S/c23-19(22-20-21-17-8-4-5-9-18(17)25-20)14-10-12-16(13-11-14)24-15-6-2-1-3-7-15/h1-3,6-7,10-13H,4-5,8-9H2,(H,21,22,23). The van der Waals surface area contributed by atoms with Crippen molar-refractivity contribution in [3.63, 3.8) is 0 Å². The van der Waals surface area contributed by atoms with E-state index in [1.807, 2.05) is 30.3 Å². The molecular formula is C20H18N2O2S. The molecule has 4 nitrogen and oxygen atoms in total. The molecule has 5 heteroatoms. The molecule has 0 bridgehead atoms. The van der Waals surface area contributed by atoms with Crippen LogP contribution in [0.5, 0.6) is 11.5 Å². The van der Waals surface area contributed by atoms with Crippen molar-refractivity contribution in [1.29, 1.82) is 0 Å². The quantitative estimate of drug-likeness (QED) is 0.715. The predicted octanol–water partition coefficient (Wildman–Crippen LogP) is 5.07. The first-order valence-electron chi connectivity index (χ1n) is 8.41. The molecule has 2 aromatic carbocycles. The number of amides is 1. The molecule has 25 heavy (non-hydrogen) atoms. The minimum Gasteiger partial charge on any atom is -0.457 e. The van der Waals surface area contributed by atoms with E-state index in [1.54, 1.807) is 35.6 Å². The summed E-state index contributed by atoms with van der Waals surface area (Å²) in [7, 11) is 0. The number of anilines is 1. The van der Waals surface area contributed by atoms with Crippen LogP contribution in [0.4, 0.5) is 5.13 Å². The fourth-order valence-electron chi connectivity index (χ4n) is 2.87. The van der Waals surface area contributed by atoms with E-state index >= 15 is 0 Å². The average Bonchev–Trinajstić information content (AvgIpc) is 3.05. The first-order chi connectivity index (χ1) is 12.3. The minimum absolute atomic E-state index is 0.141. The van der Waals surface area contributed by atoms with Crippen molar-refractivity contribution in [2.75, 3.05) is 5.32 Å². The maximum absolute atomic E-state index is 12.4. The van der Waals surface area contributed by atoms with Gasteiger partial charge in [-0.15, -0.1) is 11.3 Å². The summed E-state index contributed by atoms with van der Waals surface area (Å²) < 4.78 is 5.74. The first-order valence-corrected chi connectivity index (χ1v) is 9.22. The second-order valence-electron chi connectivity index (χ2n) is 5.99. The number of nitrogens with one attached hydrogen (secondary N) is 1. The van der Waals surface area contributed by atoms with E-state index in [0.29, 0.717) is 16.4 Å². The molecule has 1 aromatic heterocycles. The normalized spacial score (nSPS) is 13.1. The average molecular weight is 350 g/mol. The second-order valence-corrected chi connectivity index (χ2v) is 7.07. The monoisotopic (exact) mass is 350 g/mol. The number of fused-ring (bicyclic) bond motifs is 1. The number of aromatic nitrogens is 1. The minimum atomic E-state index is -0.141. The highest BCUT2D eigenvalue weighted by molar-refractivity contribution is 7.15. The van der Waals surface area contributed by atoms with Crippen molar-refractivity contribution in [1.82, 2.24) is 4.98 Å². The summed E-state index contributed by atoms with van der Waals surface area (Å²) in [6.45, 7) is 0. The summed E-state index contributed by atoms with van der Waals surface area (Å²) in [4.78, 5) is 18.3. The summed E-state index contributed by atoms with van der Waals surface area (Å²) >= 11 is 1.60. The van der Waals surface area contributed by atoms with Crippen LogP contribution in [0.15, 0.2) is 54.6 Å². The van der Waals surface area contributed by atoms with Gasteiger partial charge in [0.15, 0.2) is 5.13 Å². The van der Waals surface area contributed by atoms with Gasteiger partial charge in [0, 0.05) is 10.4 Å². The van der Waals surface area contributed by atoms with Gasteiger partial charge in [-0.1, -0.05) is 18.2 Å². The summed E-state index contributed by atoms with van der Waals surface area (Å²) in [5, 5.41) is 3.61. The molecule has 3 aromatic rings. The molecule has 0 spiro atoms. The lowest BCUT2D eigenvalue weighted by Gasteiger charge is -2.06. The van der Waals surface area contributed by atoms with Crippen LogP contribution in [-0.2, 0) is 12.8 Å². The van der Waals surface area contributed by atoms with Crippen molar-refractivity contribution in [2.45, 2.75) is 25.7 Å². The van der Waals surface area contributed by atoms with Crippen LogP contribution in [0.1, 0.15) is 33.8 Å². The Morgan fingerprint density at radius 2 is 1.68 bits per heavy atom. The van der Waals surface area contributed by atoms with Gasteiger partial charge in [-0.25, -0.2) is 4.98 Å². The van der Waals surface area contributed by atoms with Crippen molar-refractivity contribution in [3.05, 3.63) is 70.7 Å². The molecule has 0 saturated heterocycles. The Labute approximate surface area is 150 Å². The first kappa shape index (κ1) is 15.8. The lowest BCUT2D eigenvalue weighted by Crippen LogP contribution is -2.11. The van der Waals surface area contributed by atoms with Gasteiger partial charge in [0.25, 0.3) is 5.91 Å². The third-order valence-corrected chi connectivity index (χ3v) is 5.23. The molecule has 0 unspecified atom stereocenters. The van der Waals surface area contributed by atoms with Crippen molar-refractivity contribution >= 4 is 22.4 Å². The Morgan fingerprint density at radius 1 is 0.960 bits per heavy atom. The number of aryl methyl sites for hydroxylation is 2. The number of hydrogen-bond donors (Lipinski definition) is 1. The number of ether oxygens (including phenoxy) is 1. The zero-order valence-corrected chi connectivity index (χ0v) is 14.5. The molecular weight excluding hydrogens is 332 g/mol. The molecule has 1 heterocycles. The van der Waals surface area contributed by atoms with E-state index in [-0.39, 0.29) is 5.91 Å². The molecule has 0 saturated carbocycles. The lowest BCUT2D eigenvalue weighted by atomic mass is 10.0. The molecule has 1 aliphatic carbocycles. The predicted molar refractivity (Wildman–Crippen MR) is 99.7 cm³/mol. The number of carbonyl (C=O) groups excluding carboxylic acids is 1. The van der Waals surface area contributed by atoms with Crippen LogP contribution in [-0.4, -0.2) is 10.9 Å². The highest BCUT2D eigenvalue weighted by Gasteiger charge is 2.16.